The summed E-state index contributed by atoms with van der Waals surface area (Å²) in [4.78, 5) is 36.1. The molecular formula is C27H25FN2O5. The van der Waals surface area contributed by atoms with Crippen LogP contribution in [0.5, 0.6) is 0 Å². The SMILES string of the molecule is CC(NC(=O)c1cccc(NC(=O)OCC2c3ccccc3-c3ccccc32)c1F)C(C)C(=O)O. The minimum atomic E-state index is -1.08. The minimum Gasteiger partial charge on any atom is -0.481 e. The van der Waals surface area contributed by atoms with E-state index in [0.717, 1.165) is 22.3 Å². The first-order chi connectivity index (χ1) is 16.8. The first-order valence-corrected chi connectivity index (χ1v) is 11.2. The summed E-state index contributed by atoms with van der Waals surface area (Å²) in [6.45, 7) is 3.03. The molecule has 7 nitrogen and oxygen atoms in total. The summed E-state index contributed by atoms with van der Waals surface area (Å²) in [6.07, 6.45) is -0.851. The third-order valence-electron chi connectivity index (χ3n) is 6.32. The summed E-state index contributed by atoms with van der Waals surface area (Å²) in [7, 11) is 0. The van der Waals surface area contributed by atoms with Crippen LogP contribution < -0.4 is 10.6 Å². The number of rotatable bonds is 7. The van der Waals surface area contributed by atoms with Crippen LogP contribution in [0.3, 0.4) is 0 Å². The van der Waals surface area contributed by atoms with Gasteiger partial charge in [0.1, 0.15) is 6.61 Å². The Morgan fingerprint density at radius 2 is 1.54 bits per heavy atom. The third kappa shape index (κ3) is 4.87. The Balaban J connectivity index is 1.43. The van der Waals surface area contributed by atoms with Gasteiger partial charge in [-0.05, 0) is 48.2 Å². The molecule has 0 aliphatic heterocycles. The number of aliphatic carboxylic acids is 1. The van der Waals surface area contributed by atoms with E-state index in [4.69, 9.17) is 9.84 Å². The predicted octanol–water partition coefficient (Wildman–Crippen LogP) is 5.03. The van der Waals surface area contributed by atoms with E-state index in [9.17, 15) is 18.8 Å². The quantitative estimate of drug-likeness (QED) is 0.444. The Labute approximate surface area is 201 Å². The van der Waals surface area contributed by atoms with Crippen molar-refractivity contribution in [2.45, 2.75) is 25.8 Å². The first-order valence-electron chi connectivity index (χ1n) is 11.2. The van der Waals surface area contributed by atoms with Gasteiger partial charge in [-0.3, -0.25) is 14.9 Å². The average Bonchev–Trinajstić information content (AvgIpc) is 3.17. The molecule has 2 unspecified atom stereocenters. The van der Waals surface area contributed by atoms with Crippen LogP contribution in [-0.4, -0.2) is 35.7 Å². The van der Waals surface area contributed by atoms with Crippen molar-refractivity contribution < 1.29 is 28.6 Å². The molecule has 35 heavy (non-hydrogen) atoms. The molecule has 2 atom stereocenters. The summed E-state index contributed by atoms with van der Waals surface area (Å²) in [5.41, 5.74) is 3.76. The number of carbonyl (C=O) groups is 3. The lowest BCUT2D eigenvalue weighted by Gasteiger charge is -2.18. The van der Waals surface area contributed by atoms with Crippen LogP contribution >= 0.6 is 0 Å². The van der Waals surface area contributed by atoms with E-state index < -0.39 is 35.7 Å². The van der Waals surface area contributed by atoms with Crippen LogP contribution in [0, 0.1) is 11.7 Å². The zero-order chi connectivity index (χ0) is 25.1. The highest BCUT2D eigenvalue weighted by molar-refractivity contribution is 5.97. The van der Waals surface area contributed by atoms with E-state index in [2.05, 4.69) is 10.6 Å². The molecule has 0 radical (unpaired) electrons. The highest BCUT2D eigenvalue weighted by Crippen LogP contribution is 2.44. The van der Waals surface area contributed by atoms with Gasteiger partial charge in [-0.15, -0.1) is 0 Å². The standard InChI is InChI=1S/C27H25FN2O5/c1-15(26(32)33)16(2)29-25(31)21-12-7-13-23(24(21)28)30-27(34)35-14-22-19-10-5-3-8-17(19)18-9-4-6-11-20(18)22/h3-13,15-16,22H,14H2,1-2H3,(H,29,31)(H,30,34)(H,32,33). The first kappa shape index (κ1) is 23.9. The van der Waals surface area contributed by atoms with Crippen LogP contribution in [0.15, 0.2) is 66.7 Å². The van der Waals surface area contributed by atoms with Gasteiger partial charge >= 0.3 is 12.1 Å². The van der Waals surface area contributed by atoms with Gasteiger partial charge < -0.3 is 15.2 Å². The molecule has 4 rings (SSSR count). The lowest BCUT2D eigenvalue weighted by molar-refractivity contribution is -0.141. The second-order valence-electron chi connectivity index (χ2n) is 8.51. The molecule has 0 saturated carbocycles. The highest BCUT2D eigenvalue weighted by atomic mass is 19.1. The number of benzene rings is 3. The summed E-state index contributed by atoms with van der Waals surface area (Å²) in [6, 6.07) is 19.1. The number of nitrogens with one attached hydrogen (secondary N) is 2. The zero-order valence-electron chi connectivity index (χ0n) is 19.2. The number of carbonyl (C=O) groups excluding carboxylic acids is 2. The van der Waals surface area contributed by atoms with Crippen molar-refractivity contribution in [1.82, 2.24) is 5.32 Å². The number of halogens is 1. The Kier molecular flexibility index (Phi) is 6.82. The summed E-state index contributed by atoms with van der Waals surface area (Å²) < 4.78 is 20.4. The number of carboxylic acid groups (broad SMARTS) is 1. The number of fused-ring (bicyclic) bond motifs is 3. The maximum Gasteiger partial charge on any atom is 0.411 e. The highest BCUT2D eigenvalue weighted by Gasteiger charge is 2.29. The van der Waals surface area contributed by atoms with Crippen molar-refractivity contribution in [3.63, 3.8) is 0 Å². The van der Waals surface area contributed by atoms with Gasteiger partial charge in [0.15, 0.2) is 5.82 Å². The Morgan fingerprint density at radius 3 is 2.14 bits per heavy atom. The van der Waals surface area contributed by atoms with Crippen LogP contribution in [0.1, 0.15) is 41.3 Å². The molecule has 0 heterocycles. The largest absolute Gasteiger partial charge is 0.481 e. The fourth-order valence-corrected chi connectivity index (χ4v) is 4.17. The van der Waals surface area contributed by atoms with Gasteiger partial charge in [0.25, 0.3) is 5.91 Å². The smallest absolute Gasteiger partial charge is 0.411 e. The molecule has 3 N–H and O–H groups in total. The molecule has 0 bridgehead atoms. The monoisotopic (exact) mass is 476 g/mol. The summed E-state index contributed by atoms with van der Waals surface area (Å²) in [5.74, 6) is -3.80. The van der Waals surface area contributed by atoms with E-state index in [1.807, 2.05) is 48.5 Å². The molecule has 0 spiro atoms. The number of hydrogen-bond donors (Lipinski definition) is 3. The molecule has 1 aliphatic carbocycles. The number of hydrogen-bond acceptors (Lipinski definition) is 4. The molecule has 8 heteroatoms. The lowest BCUT2D eigenvalue weighted by Crippen LogP contribution is -2.40. The van der Waals surface area contributed by atoms with Crippen LogP contribution in [0.2, 0.25) is 0 Å². The van der Waals surface area contributed by atoms with Gasteiger partial charge in [0.05, 0.1) is 17.2 Å². The predicted molar refractivity (Wildman–Crippen MR) is 129 cm³/mol. The molecule has 1 aliphatic rings. The minimum absolute atomic E-state index is 0.0618. The van der Waals surface area contributed by atoms with E-state index in [1.165, 1.54) is 32.0 Å². The second-order valence-corrected chi connectivity index (χ2v) is 8.51. The summed E-state index contributed by atoms with van der Waals surface area (Å²) in [5, 5.41) is 13.9. The van der Waals surface area contributed by atoms with Crippen molar-refractivity contribution in [2.24, 2.45) is 5.92 Å². The number of carboxylic acids is 1. The molecule has 3 aromatic carbocycles. The topological polar surface area (TPSA) is 105 Å². The maximum atomic E-state index is 15.0. The number of ether oxygens (including phenoxy) is 1. The van der Waals surface area contributed by atoms with Gasteiger partial charge in [-0.1, -0.05) is 54.6 Å². The molecule has 0 fully saturated rings. The second kappa shape index (κ2) is 9.97. The Morgan fingerprint density at radius 1 is 0.943 bits per heavy atom. The maximum absolute atomic E-state index is 15.0. The fraction of sp³-hybridized carbons (Fsp3) is 0.222. The van der Waals surface area contributed by atoms with E-state index >= 15 is 0 Å². The number of anilines is 1. The molecular weight excluding hydrogens is 451 g/mol. The van der Waals surface area contributed by atoms with Gasteiger partial charge in [0, 0.05) is 12.0 Å². The van der Waals surface area contributed by atoms with E-state index in [1.54, 1.807) is 0 Å². The third-order valence-corrected chi connectivity index (χ3v) is 6.32. The zero-order valence-corrected chi connectivity index (χ0v) is 19.2. The molecule has 0 saturated heterocycles. The van der Waals surface area contributed by atoms with Crippen LogP contribution in [-0.2, 0) is 9.53 Å². The van der Waals surface area contributed by atoms with Crippen LogP contribution in [0.4, 0.5) is 14.9 Å². The van der Waals surface area contributed by atoms with Gasteiger partial charge in [0.2, 0.25) is 0 Å². The Bertz CT molecular complexity index is 1250. The number of amides is 2. The normalized spacial score (nSPS) is 13.8. The van der Waals surface area contributed by atoms with Crippen molar-refractivity contribution in [3.05, 3.63) is 89.2 Å². The molecule has 0 aromatic heterocycles. The van der Waals surface area contributed by atoms with Crippen LogP contribution in [0.25, 0.3) is 11.1 Å². The van der Waals surface area contributed by atoms with Crippen molar-refractivity contribution >= 4 is 23.7 Å². The lowest BCUT2D eigenvalue weighted by atomic mass is 9.98. The molecule has 2 amide bonds. The molecule has 3 aromatic rings. The van der Waals surface area contributed by atoms with E-state index in [-0.39, 0.29) is 23.8 Å². The van der Waals surface area contributed by atoms with Crippen molar-refractivity contribution in [3.8, 4) is 11.1 Å². The fourth-order valence-electron chi connectivity index (χ4n) is 4.17. The molecule has 180 valence electrons. The van der Waals surface area contributed by atoms with Crippen molar-refractivity contribution in [1.29, 1.82) is 0 Å². The Hall–Kier alpha value is -4.20. The van der Waals surface area contributed by atoms with E-state index in [0.29, 0.717) is 0 Å². The van der Waals surface area contributed by atoms with Gasteiger partial charge in [-0.2, -0.15) is 0 Å². The summed E-state index contributed by atoms with van der Waals surface area (Å²) >= 11 is 0. The average molecular weight is 477 g/mol. The van der Waals surface area contributed by atoms with Gasteiger partial charge in [-0.25, -0.2) is 9.18 Å². The van der Waals surface area contributed by atoms with Crippen molar-refractivity contribution in [2.75, 3.05) is 11.9 Å².